The number of carbonyl (C=O) groups is 1. The van der Waals surface area contributed by atoms with Crippen LogP contribution in [0.5, 0.6) is 0 Å². The number of benzene rings is 2. The number of anilines is 1. The summed E-state index contributed by atoms with van der Waals surface area (Å²) in [5, 5.41) is 2.83. The molecular formula is C20H19N3O4S. The van der Waals surface area contributed by atoms with Gasteiger partial charge in [-0.2, -0.15) is 4.31 Å². The molecular weight excluding hydrogens is 378 g/mol. The van der Waals surface area contributed by atoms with E-state index in [2.05, 4.69) is 10.3 Å². The fourth-order valence-electron chi connectivity index (χ4n) is 3.34. The highest BCUT2D eigenvalue weighted by atomic mass is 32.2. The first kappa shape index (κ1) is 18.4. The van der Waals surface area contributed by atoms with E-state index in [1.807, 2.05) is 6.07 Å². The Kier molecular flexibility index (Phi) is 4.97. The van der Waals surface area contributed by atoms with E-state index in [0.717, 1.165) is 5.56 Å². The van der Waals surface area contributed by atoms with Gasteiger partial charge in [0.1, 0.15) is 12.3 Å². The van der Waals surface area contributed by atoms with Gasteiger partial charge in [-0.15, -0.1) is 0 Å². The van der Waals surface area contributed by atoms with Crippen LogP contribution in [0.4, 0.5) is 5.69 Å². The van der Waals surface area contributed by atoms with E-state index in [4.69, 9.17) is 4.42 Å². The Morgan fingerprint density at radius 1 is 1.14 bits per heavy atom. The molecule has 8 heteroatoms. The van der Waals surface area contributed by atoms with Gasteiger partial charge in [-0.3, -0.25) is 4.79 Å². The molecule has 1 atom stereocenters. The minimum Gasteiger partial charge on any atom is -0.445 e. The summed E-state index contributed by atoms with van der Waals surface area (Å²) in [6.07, 6.45) is 4.15. The smallest absolute Gasteiger partial charge is 0.243 e. The molecule has 7 nitrogen and oxygen atoms in total. The highest BCUT2D eigenvalue weighted by Gasteiger charge is 2.39. The Labute approximate surface area is 163 Å². The van der Waals surface area contributed by atoms with E-state index in [1.54, 1.807) is 54.7 Å². The third kappa shape index (κ3) is 3.56. The number of amides is 1. The molecule has 0 bridgehead atoms. The fraction of sp³-hybridized carbons (Fsp3) is 0.200. The summed E-state index contributed by atoms with van der Waals surface area (Å²) in [6, 6.07) is 14.5. The molecule has 1 amide bonds. The predicted molar refractivity (Wildman–Crippen MR) is 104 cm³/mol. The maximum atomic E-state index is 12.9. The zero-order valence-corrected chi connectivity index (χ0v) is 15.8. The first-order valence-electron chi connectivity index (χ1n) is 8.93. The van der Waals surface area contributed by atoms with E-state index < -0.39 is 16.1 Å². The molecule has 1 aliphatic heterocycles. The van der Waals surface area contributed by atoms with Crippen LogP contribution >= 0.6 is 0 Å². The zero-order valence-electron chi connectivity index (χ0n) is 15.0. The number of rotatable bonds is 5. The van der Waals surface area contributed by atoms with Gasteiger partial charge in [0.25, 0.3) is 0 Å². The summed E-state index contributed by atoms with van der Waals surface area (Å²) in [6.45, 7) is 0.325. The van der Waals surface area contributed by atoms with Gasteiger partial charge < -0.3 is 9.73 Å². The quantitative estimate of drug-likeness (QED) is 0.714. The molecule has 144 valence electrons. The van der Waals surface area contributed by atoms with E-state index in [-0.39, 0.29) is 10.8 Å². The van der Waals surface area contributed by atoms with E-state index in [1.165, 1.54) is 10.6 Å². The van der Waals surface area contributed by atoms with Crippen molar-refractivity contribution >= 4 is 21.6 Å². The topological polar surface area (TPSA) is 92.5 Å². The second-order valence-electron chi connectivity index (χ2n) is 6.49. The standard InChI is InChI=1S/C20H19N3O4S/c24-19(22-16-7-4-6-15(14-16)20-21-11-13-27-20)18-10-5-12-23(18)28(25,26)17-8-2-1-3-9-17/h1-4,6-9,11,13-14,18H,5,10,12H2,(H,22,24)/t18-/m1/s1. The highest BCUT2D eigenvalue weighted by Crippen LogP contribution is 2.27. The Morgan fingerprint density at radius 3 is 2.71 bits per heavy atom. The molecule has 1 N–H and O–H groups in total. The average Bonchev–Trinajstić information content (AvgIpc) is 3.41. The lowest BCUT2D eigenvalue weighted by molar-refractivity contribution is -0.119. The number of nitrogens with zero attached hydrogens (tertiary/aromatic N) is 2. The molecule has 4 rings (SSSR count). The van der Waals surface area contributed by atoms with Crippen LogP contribution in [0, 0.1) is 0 Å². The Hall–Kier alpha value is -2.97. The van der Waals surface area contributed by atoms with Crippen LogP contribution < -0.4 is 5.32 Å². The van der Waals surface area contributed by atoms with Gasteiger partial charge in [0.2, 0.25) is 21.8 Å². The zero-order chi connectivity index (χ0) is 19.6. The van der Waals surface area contributed by atoms with E-state index >= 15 is 0 Å². The summed E-state index contributed by atoms with van der Waals surface area (Å²) in [5.74, 6) is 0.104. The average molecular weight is 397 g/mol. The van der Waals surface area contributed by atoms with Gasteiger partial charge in [0, 0.05) is 17.8 Å². The minimum atomic E-state index is -3.72. The largest absolute Gasteiger partial charge is 0.445 e. The number of oxazole rings is 1. The van der Waals surface area contributed by atoms with Crippen molar-refractivity contribution in [2.45, 2.75) is 23.8 Å². The number of hydrogen-bond donors (Lipinski definition) is 1. The van der Waals surface area contributed by atoms with Gasteiger partial charge in [-0.05, 0) is 43.2 Å². The molecule has 0 unspecified atom stereocenters. The van der Waals surface area contributed by atoms with Crippen molar-refractivity contribution in [2.24, 2.45) is 0 Å². The van der Waals surface area contributed by atoms with Crippen LogP contribution in [0.1, 0.15) is 12.8 Å². The maximum Gasteiger partial charge on any atom is 0.243 e. The van der Waals surface area contributed by atoms with Gasteiger partial charge >= 0.3 is 0 Å². The third-order valence-electron chi connectivity index (χ3n) is 4.67. The molecule has 0 saturated carbocycles. The van der Waals surface area contributed by atoms with Crippen molar-refractivity contribution in [3.63, 3.8) is 0 Å². The van der Waals surface area contributed by atoms with Gasteiger partial charge in [0.15, 0.2) is 0 Å². The van der Waals surface area contributed by atoms with Crippen molar-refractivity contribution in [3.05, 3.63) is 67.1 Å². The Bertz CT molecular complexity index is 1070. The number of aromatic nitrogens is 1. The van der Waals surface area contributed by atoms with Crippen LogP contribution in [0.15, 0.2) is 76.4 Å². The molecule has 2 heterocycles. The normalized spacial score (nSPS) is 17.5. The van der Waals surface area contributed by atoms with Crippen LogP contribution in [-0.4, -0.2) is 36.2 Å². The van der Waals surface area contributed by atoms with Crippen molar-refractivity contribution in [1.29, 1.82) is 0 Å². The highest BCUT2D eigenvalue weighted by molar-refractivity contribution is 7.89. The van der Waals surface area contributed by atoms with Crippen molar-refractivity contribution in [3.8, 4) is 11.5 Å². The van der Waals surface area contributed by atoms with E-state index in [9.17, 15) is 13.2 Å². The Balaban J connectivity index is 1.54. The van der Waals surface area contributed by atoms with Crippen LogP contribution in [-0.2, 0) is 14.8 Å². The third-order valence-corrected chi connectivity index (χ3v) is 6.59. The molecule has 0 spiro atoms. The lowest BCUT2D eigenvalue weighted by atomic mass is 10.1. The number of carbonyl (C=O) groups excluding carboxylic acids is 1. The first-order chi connectivity index (χ1) is 13.6. The molecule has 2 aromatic carbocycles. The van der Waals surface area contributed by atoms with Gasteiger partial charge in [-0.1, -0.05) is 24.3 Å². The fourth-order valence-corrected chi connectivity index (χ4v) is 5.02. The number of hydrogen-bond acceptors (Lipinski definition) is 5. The number of nitrogens with one attached hydrogen (secondary N) is 1. The van der Waals surface area contributed by atoms with Crippen LogP contribution in [0.3, 0.4) is 0 Å². The van der Waals surface area contributed by atoms with Crippen LogP contribution in [0.2, 0.25) is 0 Å². The molecule has 1 saturated heterocycles. The van der Waals surface area contributed by atoms with Crippen LogP contribution in [0.25, 0.3) is 11.5 Å². The molecule has 28 heavy (non-hydrogen) atoms. The number of sulfonamides is 1. The first-order valence-corrected chi connectivity index (χ1v) is 10.4. The summed E-state index contributed by atoms with van der Waals surface area (Å²) >= 11 is 0. The van der Waals surface area contributed by atoms with Gasteiger partial charge in [-0.25, -0.2) is 13.4 Å². The van der Waals surface area contributed by atoms with Crippen molar-refractivity contribution in [1.82, 2.24) is 9.29 Å². The molecule has 1 fully saturated rings. The SMILES string of the molecule is O=C(Nc1cccc(-c2ncco2)c1)[C@H]1CCCN1S(=O)(=O)c1ccccc1. The van der Waals surface area contributed by atoms with Crippen molar-refractivity contribution in [2.75, 3.05) is 11.9 Å². The minimum absolute atomic E-state index is 0.195. The summed E-state index contributed by atoms with van der Waals surface area (Å²) in [5.41, 5.74) is 1.28. The summed E-state index contributed by atoms with van der Waals surface area (Å²) in [4.78, 5) is 17.1. The summed E-state index contributed by atoms with van der Waals surface area (Å²) in [7, 11) is -3.72. The maximum absolute atomic E-state index is 12.9. The van der Waals surface area contributed by atoms with Gasteiger partial charge in [0.05, 0.1) is 11.1 Å². The monoisotopic (exact) mass is 397 g/mol. The van der Waals surface area contributed by atoms with Crippen molar-refractivity contribution < 1.29 is 17.6 Å². The molecule has 0 aliphatic carbocycles. The Morgan fingerprint density at radius 2 is 1.96 bits per heavy atom. The summed E-state index contributed by atoms with van der Waals surface area (Å²) < 4.78 is 32.4. The molecule has 0 radical (unpaired) electrons. The second-order valence-corrected chi connectivity index (χ2v) is 8.38. The molecule has 3 aromatic rings. The molecule has 1 aromatic heterocycles. The molecule has 1 aliphatic rings. The predicted octanol–water partition coefficient (Wildman–Crippen LogP) is 3.13. The second kappa shape index (κ2) is 7.57. The van der Waals surface area contributed by atoms with E-state index in [0.29, 0.717) is 31.0 Å². The lowest BCUT2D eigenvalue weighted by Crippen LogP contribution is -2.43. The lowest BCUT2D eigenvalue weighted by Gasteiger charge is -2.23.